The molecule has 1 heterocycles. The van der Waals surface area contributed by atoms with Gasteiger partial charge in [-0.15, -0.1) is 0 Å². The maximum absolute atomic E-state index is 13.4. The van der Waals surface area contributed by atoms with Crippen LogP contribution in [0.1, 0.15) is 18.1 Å². The first-order valence-corrected chi connectivity index (χ1v) is 12.2. The van der Waals surface area contributed by atoms with Gasteiger partial charge in [-0.3, -0.25) is 9.10 Å². The summed E-state index contributed by atoms with van der Waals surface area (Å²) < 4.78 is 39.6. The van der Waals surface area contributed by atoms with Crippen molar-refractivity contribution < 1.29 is 22.7 Å². The minimum atomic E-state index is -3.89. The zero-order chi connectivity index (χ0) is 23.4. The molecule has 7 nitrogen and oxygen atoms in total. The van der Waals surface area contributed by atoms with Crippen molar-refractivity contribution in [1.29, 1.82) is 0 Å². The van der Waals surface area contributed by atoms with Gasteiger partial charge < -0.3 is 14.8 Å². The quantitative estimate of drug-likeness (QED) is 0.574. The van der Waals surface area contributed by atoms with Gasteiger partial charge >= 0.3 is 0 Å². The molecular weight excluding hydrogens is 440 g/mol. The highest BCUT2D eigenvalue weighted by Gasteiger charge is 2.37. The van der Waals surface area contributed by atoms with Gasteiger partial charge in [0.1, 0.15) is 11.5 Å². The largest absolute Gasteiger partial charge is 0.494 e. The average Bonchev–Trinajstić information content (AvgIpc) is 2.83. The second kappa shape index (κ2) is 9.54. The van der Waals surface area contributed by atoms with Crippen LogP contribution >= 0.6 is 0 Å². The zero-order valence-electron chi connectivity index (χ0n) is 18.5. The lowest BCUT2D eigenvalue weighted by Crippen LogP contribution is -2.50. The Morgan fingerprint density at radius 1 is 1.06 bits per heavy atom. The van der Waals surface area contributed by atoms with Crippen molar-refractivity contribution in [3.63, 3.8) is 0 Å². The van der Waals surface area contributed by atoms with Crippen LogP contribution in [0.25, 0.3) is 0 Å². The van der Waals surface area contributed by atoms with Gasteiger partial charge in [0.05, 0.1) is 23.7 Å². The summed E-state index contributed by atoms with van der Waals surface area (Å²) in [6.07, 6.45) is -1.00. The maximum atomic E-state index is 13.4. The first-order valence-electron chi connectivity index (χ1n) is 10.7. The third-order valence-electron chi connectivity index (χ3n) is 5.36. The fourth-order valence-corrected chi connectivity index (χ4v) is 5.12. The van der Waals surface area contributed by atoms with Crippen molar-refractivity contribution in [2.75, 3.05) is 17.5 Å². The van der Waals surface area contributed by atoms with E-state index in [0.29, 0.717) is 23.8 Å². The number of ether oxygens (including phenoxy) is 2. The third-order valence-corrected chi connectivity index (χ3v) is 7.16. The van der Waals surface area contributed by atoms with Crippen LogP contribution in [0, 0.1) is 6.92 Å². The number of nitrogens with one attached hydrogen (secondary N) is 1. The summed E-state index contributed by atoms with van der Waals surface area (Å²) in [5, 5.41) is 2.85. The van der Waals surface area contributed by atoms with Gasteiger partial charge in [-0.05, 0) is 44.2 Å². The lowest BCUT2D eigenvalue weighted by Gasteiger charge is -2.34. The van der Waals surface area contributed by atoms with E-state index in [1.807, 2.05) is 38.1 Å². The number of aryl methyl sites for hydroxylation is 1. The molecule has 172 valence electrons. The number of carbonyl (C=O) groups excluding carboxylic acids is 1. The van der Waals surface area contributed by atoms with Crippen LogP contribution in [0.5, 0.6) is 11.5 Å². The Hall–Kier alpha value is -3.52. The molecule has 3 aromatic carbocycles. The van der Waals surface area contributed by atoms with Crippen LogP contribution in [0.4, 0.5) is 5.69 Å². The summed E-state index contributed by atoms with van der Waals surface area (Å²) in [6.45, 7) is 4.41. The van der Waals surface area contributed by atoms with E-state index in [1.54, 1.807) is 48.5 Å². The molecule has 1 aliphatic rings. The SMILES string of the molecule is CCOc1ccccc1CNC(=O)[C@H]1CN(S(=O)(=O)c2ccc(C)cc2)c2ccccc2O1. The van der Waals surface area contributed by atoms with E-state index in [-0.39, 0.29) is 18.0 Å². The molecule has 1 atom stereocenters. The Balaban J connectivity index is 1.57. The molecule has 1 amide bonds. The Bertz CT molecular complexity index is 1240. The lowest BCUT2D eigenvalue weighted by atomic mass is 10.2. The van der Waals surface area contributed by atoms with E-state index in [1.165, 1.54) is 4.31 Å². The summed E-state index contributed by atoms with van der Waals surface area (Å²) in [7, 11) is -3.89. The molecule has 0 saturated carbocycles. The summed E-state index contributed by atoms with van der Waals surface area (Å²) >= 11 is 0. The van der Waals surface area contributed by atoms with Gasteiger partial charge in [-0.1, -0.05) is 48.0 Å². The first-order chi connectivity index (χ1) is 15.9. The number of para-hydroxylation sites is 3. The van der Waals surface area contributed by atoms with Gasteiger partial charge in [-0.2, -0.15) is 0 Å². The molecule has 0 bridgehead atoms. The molecule has 0 fully saturated rings. The van der Waals surface area contributed by atoms with Crippen molar-refractivity contribution in [3.8, 4) is 11.5 Å². The second-order valence-corrected chi connectivity index (χ2v) is 9.54. The third kappa shape index (κ3) is 4.80. The van der Waals surface area contributed by atoms with Crippen molar-refractivity contribution in [2.24, 2.45) is 0 Å². The molecule has 1 N–H and O–H groups in total. The van der Waals surface area contributed by atoms with Gasteiger partial charge in [0.15, 0.2) is 6.10 Å². The average molecular weight is 467 g/mol. The van der Waals surface area contributed by atoms with E-state index in [0.717, 1.165) is 11.1 Å². The van der Waals surface area contributed by atoms with Crippen LogP contribution in [0.15, 0.2) is 77.7 Å². The predicted molar refractivity (Wildman–Crippen MR) is 126 cm³/mol. The van der Waals surface area contributed by atoms with Gasteiger partial charge in [-0.25, -0.2) is 8.42 Å². The number of nitrogens with zero attached hydrogens (tertiary/aromatic N) is 1. The molecule has 1 aliphatic heterocycles. The normalized spacial score (nSPS) is 15.3. The van der Waals surface area contributed by atoms with E-state index in [4.69, 9.17) is 9.47 Å². The Labute approximate surface area is 194 Å². The topological polar surface area (TPSA) is 84.9 Å². The molecule has 0 aliphatic carbocycles. The van der Waals surface area contributed by atoms with Crippen molar-refractivity contribution in [1.82, 2.24) is 5.32 Å². The van der Waals surface area contributed by atoms with Gasteiger partial charge in [0, 0.05) is 12.1 Å². The Morgan fingerprint density at radius 3 is 2.52 bits per heavy atom. The van der Waals surface area contributed by atoms with Crippen LogP contribution in [0.3, 0.4) is 0 Å². The number of hydrogen-bond acceptors (Lipinski definition) is 5. The summed E-state index contributed by atoms with van der Waals surface area (Å²) in [6, 6.07) is 20.9. The van der Waals surface area contributed by atoms with Crippen LogP contribution < -0.4 is 19.1 Å². The molecular formula is C25H26N2O5S. The molecule has 33 heavy (non-hydrogen) atoms. The van der Waals surface area contributed by atoms with E-state index in [9.17, 15) is 13.2 Å². The minimum Gasteiger partial charge on any atom is -0.494 e. The number of anilines is 1. The minimum absolute atomic E-state index is 0.133. The number of fused-ring (bicyclic) bond motifs is 1. The Morgan fingerprint density at radius 2 is 1.76 bits per heavy atom. The molecule has 0 unspecified atom stereocenters. The highest BCUT2D eigenvalue weighted by Crippen LogP contribution is 2.36. The van der Waals surface area contributed by atoms with Crippen molar-refractivity contribution >= 4 is 21.6 Å². The van der Waals surface area contributed by atoms with E-state index < -0.39 is 22.0 Å². The summed E-state index contributed by atoms with van der Waals surface area (Å²) in [5.74, 6) is 0.632. The van der Waals surface area contributed by atoms with Crippen LogP contribution in [-0.4, -0.2) is 33.6 Å². The lowest BCUT2D eigenvalue weighted by molar-refractivity contribution is -0.127. The number of hydrogen-bond donors (Lipinski definition) is 1. The van der Waals surface area contributed by atoms with E-state index >= 15 is 0 Å². The smallest absolute Gasteiger partial charge is 0.264 e. The fourth-order valence-electron chi connectivity index (χ4n) is 3.65. The van der Waals surface area contributed by atoms with Crippen LogP contribution in [0.2, 0.25) is 0 Å². The number of carbonyl (C=O) groups is 1. The fraction of sp³-hybridized carbons (Fsp3) is 0.240. The van der Waals surface area contributed by atoms with Gasteiger partial charge in [0.25, 0.3) is 15.9 Å². The molecule has 8 heteroatoms. The molecule has 0 saturated heterocycles. The van der Waals surface area contributed by atoms with Crippen molar-refractivity contribution in [2.45, 2.75) is 31.4 Å². The van der Waals surface area contributed by atoms with Crippen molar-refractivity contribution in [3.05, 3.63) is 83.9 Å². The number of benzene rings is 3. The molecule has 0 aromatic heterocycles. The standard InChI is InChI=1S/C25H26N2O5S/c1-3-31-22-10-6-4-8-19(22)16-26-25(28)24-17-27(21-9-5-7-11-23(21)32-24)33(29,30)20-14-12-18(2)13-15-20/h4-15,24H,3,16-17H2,1-2H3,(H,26,28)/t24-/m1/s1. The number of amides is 1. The van der Waals surface area contributed by atoms with Crippen LogP contribution in [-0.2, 0) is 21.4 Å². The van der Waals surface area contributed by atoms with Gasteiger partial charge in [0.2, 0.25) is 0 Å². The molecule has 3 aromatic rings. The second-order valence-electron chi connectivity index (χ2n) is 7.68. The summed E-state index contributed by atoms with van der Waals surface area (Å²) in [5.41, 5.74) is 2.19. The monoisotopic (exact) mass is 466 g/mol. The highest BCUT2D eigenvalue weighted by atomic mass is 32.2. The predicted octanol–water partition coefficient (Wildman–Crippen LogP) is 3.67. The molecule has 4 rings (SSSR count). The summed E-state index contributed by atoms with van der Waals surface area (Å²) in [4.78, 5) is 13.2. The number of sulfonamides is 1. The number of rotatable bonds is 7. The first kappa shape index (κ1) is 22.7. The van der Waals surface area contributed by atoms with E-state index in [2.05, 4.69) is 5.32 Å². The Kier molecular flexibility index (Phi) is 6.55. The zero-order valence-corrected chi connectivity index (χ0v) is 19.3. The maximum Gasteiger partial charge on any atom is 0.264 e. The molecule has 0 radical (unpaired) electrons. The molecule has 0 spiro atoms. The highest BCUT2D eigenvalue weighted by molar-refractivity contribution is 7.92.